The average Bonchev–Trinajstić information content (AvgIpc) is 1.83. The highest BCUT2D eigenvalue weighted by Gasteiger charge is 1.95. The fourth-order valence-electron chi connectivity index (χ4n) is 0.477. The van der Waals surface area contributed by atoms with Gasteiger partial charge in [-0.05, 0) is 12.3 Å². The minimum atomic E-state index is 0.481. The van der Waals surface area contributed by atoms with Crippen LogP contribution in [0, 0.1) is 10.8 Å². The quantitative estimate of drug-likeness (QED) is 0.516. The normalized spacial score (nSPS) is 13.2. The predicted octanol–water partition coefficient (Wildman–Crippen LogP) is 2.19. The Kier molecular flexibility index (Phi) is 4.51. The summed E-state index contributed by atoms with van der Waals surface area (Å²) in [5.41, 5.74) is 0. The first kappa shape index (κ1) is 7.60. The summed E-state index contributed by atoms with van der Waals surface area (Å²) in [4.78, 5) is 9.58. The predicted molar refractivity (Wildman–Crippen MR) is 34.7 cm³/mol. The lowest BCUT2D eigenvalue weighted by Crippen LogP contribution is -1.93. The maximum atomic E-state index is 9.58. The van der Waals surface area contributed by atoms with E-state index >= 15 is 0 Å². The third-order valence-corrected chi connectivity index (χ3v) is 1.41. The molecule has 1 atom stereocenters. The highest BCUT2D eigenvalue weighted by atomic mass is 16.3. The van der Waals surface area contributed by atoms with Crippen molar-refractivity contribution in [2.75, 3.05) is 6.54 Å². The number of hydrogen-bond donors (Lipinski definition) is 0. The summed E-state index contributed by atoms with van der Waals surface area (Å²) in [6, 6.07) is 0. The summed E-state index contributed by atoms with van der Waals surface area (Å²) >= 11 is 0. The van der Waals surface area contributed by atoms with Crippen LogP contribution in [-0.2, 0) is 0 Å². The van der Waals surface area contributed by atoms with Crippen LogP contribution in [0.4, 0.5) is 0 Å². The second-order valence-electron chi connectivity index (χ2n) is 2.15. The number of hydrogen-bond acceptors (Lipinski definition) is 2. The molecule has 0 rings (SSSR count). The van der Waals surface area contributed by atoms with Crippen molar-refractivity contribution in [2.24, 2.45) is 11.1 Å². The fraction of sp³-hybridized carbons (Fsp3) is 1.00. The van der Waals surface area contributed by atoms with Gasteiger partial charge in [0.25, 0.3) is 0 Å². The van der Waals surface area contributed by atoms with Gasteiger partial charge in [-0.3, -0.25) is 0 Å². The smallest absolute Gasteiger partial charge is 0.0813 e. The Balaban J connectivity index is 2.97. The SMILES string of the molecule is CC[C@H](C)CCN=O. The van der Waals surface area contributed by atoms with Gasteiger partial charge in [-0.1, -0.05) is 25.4 Å². The van der Waals surface area contributed by atoms with Crippen LogP contribution < -0.4 is 0 Å². The van der Waals surface area contributed by atoms with Crippen LogP contribution in [0.3, 0.4) is 0 Å². The van der Waals surface area contributed by atoms with Gasteiger partial charge in [-0.15, -0.1) is 0 Å². The molecule has 0 aliphatic carbocycles. The molecule has 0 aliphatic heterocycles. The van der Waals surface area contributed by atoms with Gasteiger partial charge in [-0.2, -0.15) is 4.91 Å². The summed E-state index contributed by atoms with van der Waals surface area (Å²) in [6.07, 6.45) is 2.09. The molecule has 0 spiro atoms. The number of rotatable bonds is 4. The van der Waals surface area contributed by atoms with Gasteiger partial charge in [0.15, 0.2) is 0 Å². The highest BCUT2D eigenvalue weighted by Crippen LogP contribution is 2.04. The zero-order valence-corrected chi connectivity index (χ0v) is 5.55. The molecule has 0 aromatic rings. The fourth-order valence-corrected chi connectivity index (χ4v) is 0.477. The molecule has 0 N–H and O–H groups in total. The van der Waals surface area contributed by atoms with Crippen LogP contribution >= 0.6 is 0 Å². The van der Waals surface area contributed by atoms with Crippen molar-refractivity contribution in [3.05, 3.63) is 4.91 Å². The molecule has 48 valence electrons. The zero-order chi connectivity index (χ0) is 6.41. The number of nitrogens with zero attached hydrogens (tertiary/aromatic N) is 1. The van der Waals surface area contributed by atoms with Crippen LogP contribution in [0.15, 0.2) is 5.18 Å². The molecule has 2 nitrogen and oxygen atoms in total. The molecule has 8 heavy (non-hydrogen) atoms. The third-order valence-electron chi connectivity index (χ3n) is 1.41. The molecule has 0 saturated carbocycles. The minimum Gasteiger partial charge on any atom is -0.151 e. The molecular formula is C6H13NO. The van der Waals surface area contributed by atoms with Crippen LogP contribution in [0.25, 0.3) is 0 Å². The first-order valence-electron chi connectivity index (χ1n) is 3.10. The van der Waals surface area contributed by atoms with Gasteiger partial charge in [0.2, 0.25) is 0 Å². The van der Waals surface area contributed by atoms with E-state index in [2.05, 4.69) is 19.0 Å². The summed E-state index contributed by atoms with van der Waals surface area (Å²) in [5, 5.41) is 2.77. The Bertz CT molecular complexity index is 63.5. The summed E-state index contributed by atoms with van der Waals surface area (Å²) < 4.78 is 0. The standard InChI is InChI=1S/C6H13NO/c1-3-6(2)4-5-7-8/h6H,3-5H2,1-2H3/t6-/m0/s1. The lowest BCUT2D eigenvalue weighted by Gasteiger charge is -2.01. The third kappa shape index (κ3) is 3.78. The second kappa shape index (κ2) is 4.75. The maximum absolute atomic E-state index is 9.58. The molecule has 0 amide bonds. The molecule has 0 heterocycles. The minimum absolute atomic E-state index is 0.481. The Morgan fingerprint density at radius 2 is 2.25 bits per heavy atom. The molecular weight excluding hydrogens is 102 g/mol. The largest absolute Gasteiger partial charge is 0.151 e. The molecule has 0 aliphatic rings. The van der Waals surface area contributed by atoms with Gasteiger partial charge in [0.05, 0.1) is 6.54 Å². The van der Waals surface area contributed by atoms with Crippen LogP contribution in [-0.4, -0.2) is 6.54 Å². The first-order chi connectivity index (χ1) is 3.81. The summed E-state index contributed by atoms with van der Waals surface area (Å²) in [6.45, 7) is 4.73. The van der Waals surface area contributed by atoms with E-state index in [4.69, 9.17) is 0 Å². The van der Waals surface area contributed by atoms with E-state index in [1.54, 1.807) is 0 Å². The Hall–Kier alpha value is -0.400. The molecule has 0 aromatic heterocycles. The maximum Gasteiger partial charge on any atom is 0.0813 e. The lowest BCUT2D eigenvalue weighted by atomic mass is 10.1. The van der Waals surface area contributed by atoms with Crippen LogP contribution in [0.2, 0.25) is 0 Å². The van der Waals surface area contributed by atoms with Crippen molar-refractivity contribution in [1.82, 2.24) is 0 Å². The van der Waals surface area contributed by atoms with Crippen molar-refractivity contribution in [2.45, 2.75) is 26.7 Å². The molecule has 0 bridgehead atoms. The first-order valence-corrected chi connectivity index (χ1v) is 3.10. The topological polar surface area (TPSA) is 29.4 Å². The zero-order valence-electron chi connectivity index (χ0n) is 5.55. The highest BCUT2D eigenvalue weighted by molar-refractivity contribution is 4.50. The molecule has 0 unspecified atom stereocenters. The second-order valence-corrected chi connectivity index (χ2v) is 2.15. The lowest BCUT2D eigenvalue weighted by molar-refractivity contribution is 0.524. The summed E-state index contributed by atoms with van der Waals surface area (Å²) in [5.74, 6) is 0.660. The van der Waals surface area contributed by atoms with Crippen molar-refractivity contribution >= 4 is 0 Å². The van der Waals surface area contributed by atoms with E-state index in [1.165, 1.54) is 0 Å². The van der Waals surface area contributed by atoms with Gasteiger partial charge in [0, 0.05) is 0 Å². The number of nitroso groups, excluding NO2 is 1. The molecule has 0 aromatic carbocycles. The average molecular weight is 115 g/mol. The van der Waals surface area contributed by atoms with Gasteiger partial charge < -0.3 is 0 Å². The van der Waals surface area contributed by atoms with Crippen molar-refractivity contribution < 1.29 is 0 Å². The van der Waals surface area contributed by atoms with E-state index in [1.807, 2.05) is 0 Å². The van der Waals surface area contributed by atoms with Gasteiger partial charge in [-0.25, -0.2) is 0 Å². The van der Waals surface area contributed by atoms with E-state index in [0.717, 1.165) is 12.8 Å². The Morgan fingerprint density at radius 1 is 1.62 bits per heavy atom. The van der Waals surface area contributed by atoms with Crippen molar-refractivity contribution in [3.8, 4) is 0 Å². The van der Waals surface area contributed by atoms with Crippen molar-refractivity contribution in [3.63, 3.8) is 0 Å². The van der Waals surface area contributed by atoms with Crippen molar-refractivity contribution in [1.29, 1.82) is 0 Å². The van der Waals surface area contributed by atoms with Crippen LogP contribution in [0.1, 0.15) is 26.7 Å². The van der Waals surface area contributed by atoms with Gasteiger partial charge >= 0.3 is 0 Å². The van der Waals surface area contributed by atoms with E-state index in [-0.39, 0.29) is 0 Å². The van der Waals surface area contributed by atoms with Crippen LogP contribution in [0.5, 0.6) is 0 Å². The van der Waals surface area contributed by atoms with Gasteiger partial charge in [0.1, 0.15) is 0 Å². The summed E-state index contributed by atoms with van der Waals surface area (Å²) in [7, 11) is 0. The Labute approximate surface area is 50.3 Å². The monoisotopic (exact) mass is 115 g/mol. The van der Waals surface area contributed by atoms with E-state index < -0.39 is 0 Å². The van der Waals surface area contributed by atoms with E-state index in [9.17, 15) is 4.91 Å². The molecule has 0 radical (unpaired) electrons. The molecule has 0 saturated heterocycles. The molecule has 0 fully saturated rings. The molecule has 2 heteroatoms. The van der Waals surface area contributed by atoms with E-state index in [0.29, 0.717) is 12.5 Å². The Morgan fingerprint density at radius 3 is 2.62 bits per heavy atom.